The van der Waals surface area contributed by atoms with Gasteiger partial charge in [-0.2, -0.15) is 4.72 Å². The molecule has 7 nitrogen and oxygen atoms in total. The molecule has 1 aromatic carbocycles. The van der Waals surface area contributed by atoms with Crippen molar-refractivity contribution in [3.8, 4) is 11.6 Å². The summed E-state index contributed by atoms with van der Waals surface area (Å²) in [6, 6.07) is 9.61. The van der Waals surface area contributed by atoms with E-state index in [0.717, 1.165) is 0 Å². The highest BCUT2D eigenvalue weighted by atomic mass is 32.2. The van der Waals surface area contributed by atoms with Crippen molar-refractivity contribution in [1.82, 2.24) is 9.71 Å². The summed E-state index contributed by atoms with van der Waals surface area (Å²) in [7, 11) is -3.98. The first-order valence-electron chi connectivity index (χ1n) is 7.54. The van der Waals surface area contributed by atoms with Crippen LogP contribution in [0.3, 0.4) is 0 Å². The summed E-state index contributed by atoms with van der Waals surface area (Å²) in [6.07, 6.45) is 1.58. The minimum atomic E-state index is -3.98. The molecule has 2 N–H and O–H groups in total. The molecule has 1 aromatic heterocycles. The van der Waals surface area contributed by atoms with Crippen molar-refractivity contribution in [2.75, 3.05) is 0 Å². The number of carboxylic acids is 1. The maximum Gasteiger partial charge on any atom is 0.322 e. The standard InChI is InChI=1S/C17H20N2O5S/c1-17(2,3)15(16(20)21)19-25(22,23)13-9-7-12(8-10-13)24-14-6-4-5-11-18-14/h4-11,15,19H,1-3H3,(H,20,21). The Morgan fingerprint density at radius 3 is 2.28 bits per heavy atom. The summed E-state index contributed by atoms with van der Waals surface area (Å²) in [5.74, 6) is -0.427. The van der Waals surface area contributed by atoms with E-state index in [1.54, 1.807) is 45.2 Å². The van der Waals surface area contributed by atoms with Crippen molar-refractivity contribution < 1.29 is 23.1 Å². The van der Waals surface area contributed by atoms with Crippen LogP contribution >= 0.6 is 0 Å². The second kappa shape index (κ2) is 7.20. The lowest BCUT2D eigenvalue weighted by Gasteiger charge is -2.27. The average Bonchev–Trinajstić information content (AvgIpc) is 2.53. The molecule has 1 unspecified atom stereocenters. The molecule has 0 aliphatic carbocycles. The van der Waals surface area contributed by atoms with E-state index in [0.29, 0.717) is 11.6 Å². The number of nitrogens with one attached hydrogen (secondary N) is 1. The topological polar surface area (TPSA) is 106 Å². The molecule has 2 rings (SSSR count). The number of pyridine rings is 1. The Balaban J connectivity index is 2.18. The maximum absolute atomic E-state index is 12.4. The summed E-state index contributed by atoms with van der Waals surface area (Å²) in [4.78, 5) is 15.3. The van der Waals surface area contributed by atoms with Gasteiger partial charge in [0.2, 0.25) is 15.9 Å². The first kappa shape index (κ1) is 18.9. The second-order valence-electron chi connectivity index (χ2n) is 6.50. The lowest BCUT2D eigenvalue weighted by Crippen LogP contribution is -2.48. The van der Waals surface area contributed by atoms with Gasteiger partial charge in [-0.25, -0.2) is 13.4 Å². The lowest BCUT2D eigenvalue weighted by molar-refractivity contribution is -0.141. The molecule has 0 bridgehead atoms. The molecule has 134 valence electrons. The molecule has 0 saturated heterocycles. The van der Waals surface area contributed by atoms with Gasteiger partial charge in [-0.3, -0.25) is 4.79 Å². The second-order valence-corrected chi connectivity index (χ2v) is 8.21. The van der Waals surface area contributed by atoms with Gasteiger partial charge in [-0.15, -0.1) is 0 Å². The minimum absolute atomic E-state index is 0.0450. The molecule has 0 saturated carbocycles. The highest BCUT2D eigenvalue weighted by molar-refractivity contribution is 7.89. The van der Waals surface area contributed by atoms with Crippen LogP contribution < -0.4 is 9.46 Å². The van der Waals surface area contributed by atoms with Crippen molar-refractivity contribution in [1.29, 1.82) is 0 Å². The van der Waals surface area contributed by atoms with Crippen LogP contribution in [-0.2, 0) is 14.8 Å². The first-order valence-corrected chi connectivity index (χ1v) is 9.02. The molecule has 0 radical (unpaired) electrons. The van der Waals surface area contributed by atoms with E-state index in [4.69, 9.17) is 4.74 Å². The van der Waals surface area contributed by atoms with Crippen molar-refractivity contribution >= 4 is 16.0 Å². The maximum atomic E-state index is 12.4. The highest BCUT2D eigenvalue weighted by Gasteiger charge is 2.35. The number of hydrogen-bond donors (Lipinski definition) is 2. The average molecular weight is 364 g/mol. The van der Waals surface area contributed by atoms with E-state index in [-0.39, 0.29) is 4.90 Å². The van der Waals surface area contributed by atoms with Gasteiger partial charge in [0.15, 0.2) is 0 Å². The van der Waals surface area contributed by atoms with E-state index in [9.17, 15) is 18.3 Å². The van der Waals surface area contributed by atoms with E-state index in [2.05, 4.69) is 9.71 Å². The Hall–Kier alpha value is -2.45. The lowest BCUT2D eigenvalue weighted by atomic mass is 9.88. The zero-order chi connectivity index (χ0) is 18.7. The van der Waals surface area contributed by atoms with Gasteiger partial charge in [0.05, 0.1) is 4.90 Å². The van der Waals surface area contributed by atoms with E-state index >= 15 is 0 Å². The molecular weight excluding hydrogens is 344 g/mol. The number of carbonyl (C=O) groups is 1. The molecule has 0 aliphatic heterocycles. The Labute approximate surface area is 146 Å². The normalized spacial score (nSPS) is 13.2. The molecule has 1 atom stereocenters. The van der Waals surface area contributed by atoms with Crippen LogP contribution in [0.15, 0.2) is 53.6 Å². The molecule has 8 heteroatoms. The van der Waals surface area contributed by atoms with Crippen LogP contribution in [0.1, 0.15) is 20.8 Å². The number of benzene rings is 1. The predicted octanol–water partition coefficient (Wildman–Crippen LogP) is 2.65. The summed E-state index contributed by atoms with van der Waals surface area (Å²) in [6.45, 7) is 4.95. The zero-order valence-electron chi connectivity index (χ0n) is 14.1. The monoisotopic (exact) mass is 364 g/mol. The van der Waals surface area contributed by atoms with Gasteiger partial charge in [-0.1, -0.05) is 26.8 Å². The number of carboxylic acid groups (broad SMARTS) is 1. The fraction of sp³-hybridized carbons (Fsp3) is 0.294. The third-order valence-electron chi connectivity index (χ3n) is 3.38. The Morgan fingerprint density at radius 1 is 1.16 bits per heavy atom. The smallest absolute Gasteiger partial charge is 0.322 e. The van der Waals surface area contributed by atoms with Gasteiger partial charge in [0, 0.05) is 12.3 Å². The largest absolute Gasteiger partial charge is 0.480 e. The van der Waals surface area contributed by atoms with Crippen LogP contribution in [0.4, 0.5) is 0 Å². The molecule has 0 amide bonds. The predicted molar refractivity (Wildman–Crippen MR) is 92.0 cm³/mol. The van der Waals surface area contributed by atoms with Gasteiger partial charge in [-0.05, 0) is 35.7 Å². The van der Waals surface area contributed by atoms with E-state index in [1.165, 1.54) is 24.3 Å². The van der Waals surface area contributed by atoms with Crippen LogP contribution in [0.25, 0.3) is 0 Å². The molecule has 0 spiro atoms. The van der Waals surface area contributed by atoms with Crippen molar-refractivity contribution in [3.05, 3.63) is 48.7 Å². The number of nitrogens with zero attached hydrogens (tertiary/aromatic N) is 1. The zero-order valence-corrected chi connectivity index (χ0v) is 14.9. The van der Waals surface area contributed by atoms with Crippen molar-refractivity contribution in [2.24, 2.45) is 5.41 Å². The molecule has 2 aromatic rings. The number of aliphatic carboxylic acids is 1. The van der Waals surface area contributed by atoms with Crippen LogP contribution in [0.2, 0.25) is 0 Å². The minimum Gasteiger partial charge on any atom is -0.480 e. The van der Waals surface area contributed by atoms with E-state index in [1.807, 2.05) is 0 Å². The fourth-order valence-corrected chi connectivity index (χ4v) is 3.43. The summed E-state index contributed by atoms with van der Waals surface area (Å²) in [5, 5.41) is 9.27. The molecule has 0 aliphatic rings. The number of hydrogen-bond acceptors (Lipinski definition) is 5. The Kier molecular flexibility index (Phi) is 5.44. The van der Waals surface area contributed by atoms with Crippen molar-refractivity contribution in [3.63, 3.8) is 0 Å². The van der Waals surface area contributed by atoms with E-state index < -0.39 is 27.4 Å². The molecule has 0 fully saturated rings. The van der Waals surface area contributed by atoms with Gasteiger partial charge < -0.3 is 9.84 Å². The SMILES string of the molecule is CC(C)(C)C(NS(=O)(=O)c1ccc(Oc2ccccn2)cc1)C(=O)O. The third kappa shape index (κ3) is 5.01. The van der Waals surface area contributed by atoms with Crippen LogP contribution in [0, 0.1) is 5.41 Å². The van der Waals surface area contributed by atoms with Gasteiger partial charge in [0.25, 0.3) is 0 Å². The van der Waals surface area contributed by atoms with Crippen LogP contribution in [0.5, 0.6) is 11.6 Å². The third-order valence-corrected chi connectivity index (χ3v) is 4.82. The van der Waals surface area contributed by atoms with Crippen LogP contribution in [-0.4, -0.2) is 30.5 Å². The number of rotatable bonds is 6. The Morgan fingerprint density at radius 2 is 1.80 bits per heavy atom. The number of sulfonamides is 1. The first-order chi connectivity index (χ1) is 11.6. The number of ether oxygens (including phenoxy) is 1. The van der Waals surface area contributed by atoms with Gasteiger partial charge >= 0.3 is 5.97 Å². The van der Waals surface area contributed by atoms with Gasteiger partial charge in [0.1, 0.15) is 11.8 Å². The van der Waals surface area contributed by atoms with Crippen molar-refractivity contribution in [2.45, 2.75) is 31.7 Å². The summed E-state index contributed by atoms with van der Waals surface area (Å²) < 4.78 is 32.6. The highest BCUT2D eigenvalue weighted by Crippen LogP contribution is 2.24. The molecular formula is C17H20N2O5S. The fourth-order valence-electron chi connectivity index (χ4n) is 2.04. The Bertz CT molecular complexity index is 828. The molecule has 1 heterocycles. The number of aromatic nitrogens is 1. The quantitative estimate of drug-likeness (QED) is 0.816. The summed E-state index contributed by atoms with van der Waals surface area (Å²) in [5.41, 5.74) is -0.777. The molecule has 25 heavy (non-hydrogen) atoms. The summed E-state index contributed by atoms with van der Waals surface area (Å²) >= 11 is 0.